The van der Waals surface area contributed by atoms with Crippen LogP contribution in [-0.4, -0.2) is 23.2 Å². The lowest BCUT2D eigenvalue weighted by molar-refractivity contribution is 0.476. The summed E-state index contributed by atoms with van der Waals surface area (Å²) in [5.41, 5.74) is 2.35. The predicted octanol–water partition coefficient (Wildman–Crippen LogP) is 2.42. The fourth-order valence-electron chi connectivity index (χ4n) is 1.90. The lowest BCUT2D eigenvalue weighted by Gasteiger charge is -2.02. The van der Waals surface area contributed by atoms with Crippen molar-refractivity contribution in [1.82, 2.24) is 10.3 Å². The molecule has 0 bridgehead atoms. The molecule has 0 spiro atoms. The maximum Gasteiger partial charge on any atom is 0.116 e. The summed E-state index contributed by atoms with van der Waals surface area (Å²) in [4.78, 5) is 3.22. The van der Waals surface area contributed by atoms with Gasteiger partial charge >= 0.3 is 0 Å². The van der Waals surface area contributed by atoms with Gasteiger partial charge in [0.25, 0.3) is 0 Å². The summed E-state index contributed by atoms with van der Waals surface area (Å²) >= 11 is 0. The van der Waals surface area contributed by atoms with E-state index in [2.05, 4.69) is 17.2 Å². The number of hydrogen-bond acceptors (Lipinski definition) is 2. The fraction of sp³-hybridized carbons (Fsp3) is 0.385. The molecule has 0 atom stereocenters. The van der Waals surface area contributed by atoms with Crippen LogP contribution >= 0.6 is 0 Å². The molecule has 3 N–H and O–H groups in total. The monoisotopic (exact) mass is 218 g/mol. The average Bonchev–Trinajstić information content (AvgIpc) is 2.67. The normalized spacial score (nSPS) is 11.1. The van der Waals surface area contributed by atoms with E-state index in [4.69, 9.17) is 0 Å². The molecule has 1 aromatic carbocycles. The van der Waals surface area contributed by atoms with E-state index in [0.29, 0.717) is 5.75 Å². The molecular formula is C13H18N2O. The molecule has 2 rings (SSSR count). The van der Waals surface area contributed by atoms with Gasteiger partial charge in [-0.05, 0) is 49.7 Å². The van der Waals surface area contributed by atoms with Crippen LogP contribution in [0.3, 0.4) is 0 Å². The molecule has 0 unspecified atom stereocenters. The highest BCUT2D eigenvalue weighted by molar-refractivity contribution is 5.84. The number of phenolic OH excluding ortho intramolecular Hbond substituents is 1. The standard InChI is InChI=1S/C13H18N2O/c1-2-6-14-7-5-10-9-15-13-4-3-11(16)8-12(10)13/h3-4,8-9,14-16H,2,5-7H2,1H3. The molecular weight excluding hydrogens is 200 g/mol. The van der Waals surface area contributed by atoms with Crippen LogP contribution in [0.1, 0.15) is 18.9 Å². The van der Waals surface area contributed by atoms with E-state index in [1.165, 1.54) is 5.56 Å². The Labute approximate surface area is 95.5 Å². The molecule has 0 aliphatic rings. The number of phenols is 1. The van der Waals surface area contributed by atoms with Crippen molar-refractivity contribution in [3.05, 3.63) is 30.0 Å². The summed E-state index contributed by atoms with van der Waals surface area (Å²) < 4.78 is 0. The first-order chi connectivity index (χ1) is 7.81. The van der Waals surface area contributed by atoms with Crippen molar-refractivity contribution in [3.63, 3.8) is 0 Å². The van der Waals surface area contributed by atoms with E-state index >= 15 is 0 Å². The molecule has 0 saturated heterocycles. The first-order valence-corrected chi connectivity index (χ1v) is 5.81. The van der Waals surface area contributed by atoms with Crippen LogP contribution in [-0.2, 0) is 6.42 Å². The average molecular weight is 218 g/mol. The first-order valence-electron chi connectivity index (χ1n) is 5.81. The quantitative estimate of drug-likeness (QED) is 0.675. The highest BCUT2D eigenvalue weighted by Gasteiger charge is 2.03. The number of fused-ring (bicyclic) bond motifs is 1. The Hall–Kier alpha value is -1.48. The van der Waals surface area contributed by atoms with Crippen LogP contribution in [0.25, 0.3) is 10.9 Å². The Morgan fingerprint density at radius 2 is 2.19 bits per heavy atom. The van der Waals surface area contributed by atoms with Gasteiger partial charge in [-0.25, -0.2) is 0 Å². The molecule has 0 radical (unpaired) electrons. The van der Waals surface area contributed by atoms with Crippen molar-refractivity contribution in [2.24, 2.45) is 0 Å². The van der Waals surface area contributed by atoms with Crippen LogP contribution in [0, 0.1) is 0 Å². The van der Waals surface area contributed by atoms with Gasteiger partial charge in [-0.1, -0.05) is 6.92 Å². The Bertz CT molecular complexity index is 462. The zero-order valence-electron chi connectivity index (χ0n) is 9.59. The third-order valence-electron chi connectivity index (χ3n) is 2.75. The molecule has 2 aromatic rings. The van der Waals surface area contributed by atoms with Gasteiger partial charge in [-0.3, -0.25) is 0 Å². The minimum absolute atomic E-state index is 0.329. The Kier molecular flexibility index (Phi) is 3.47. The lowest BCUT2D eigenvalue weighted by atomic mass is 10.1. The molecule has 1 heterocycles. The third-order valence-corrected chi connectivity index (χ3v) is 2.75. The zero-order valence-corrected chi connectivity index (χ0v) is 9.59. The van der Waals surface area contributed by atoms with Crippen LogP contribution in [0.4, 0.5) is 0 Å². The summed E-state index contributed by atoms with van der Waals surface area (Å²) in [6.45, 7) is 4.21. The summed E-state index contributed by atoms with van der Waals surface area (Å²) in [5, 5.41) is 14.0. The van der Waals surface area contributed by atoms with Gasteiger partial charge in [0.1, 0.15) is 5.75 Å². The van der Waals surface area contributed by atoms with Crippen molar-refractivity contribution in [3.8, 4) is 5.75 Å². The third kappa shape index (κ3) is 2.36. The maximum atomic E-state index is 9.45. The molecule has 0 amide bonds. The molecule has 0 saturated carbocycles. The van der Waals surface area contributed by atoms with Crippen molar-refractivity contribution in [2.45, 2.75) is 19.8 Å². The van der Waals surface area contributed by atoms with Crippen molar-refractivity contribution >= 4 is 10.9 Å². The minimum Gasteiger partial charge on any atom is -0.508 e. The van der Waals surface area contributed by atoms with Crippen molar-refractivity contribution in [2.75, 3.05) is 13.1 Å². The smallest absolute Gasteiger partial charge is 0.116 e. The number of aromatic amines is 1. The van der Waals surface area contributed by atoms with Gasteiger partial charge < -0.3 is 15.4 Å². The summed E-state index contributed by atoms with van der Waals surface area (Å²) in [7, 11) is 0. The second kappa shape index (κ2) is 5.03. The van der Waals surface area contributed by atoms with Crippen LogP contribution in [0.5, 0.6) is 5.75 Å². The van der Waals surface area contributed by atoms with Crippen LogP contribution < -0.4 is 5.32 Å². The number of rotatable bonds is 5. The lowest BCUT2D eigenvalue weighted by Crippen LogP contribution is -2.17. The van der Waals surface area contributed by atoms with Gasteiger partial charge in [-0.2, -0.15) is 0 Å². The van der Waals surface area contributed by atoms with Gasteiger partial charge in [-0.15, -0.1) is 0 Å². The molecule has 0 fully saturated rings. The number of aromatic hydroxyl groups is 1. The molecule has 0 aliphatic carbocycles. The molecule has 3 nitrogen and oxygen atoms in total. The molecule has 16 heavy (non-hydrogen) atoms. The second-order valence-electron chi connectivity index (χ2n) is 4.04. The predicted molar refractivity (Wildman–Crippen MR) is 66.8 cm³/mol. The fourth-order valence-corrected chi connectivity index (χ4v) is 1.90. The van der Waals surface area contributed by atoms with Gasteiger partial charge in [0, 0.05) is 17.1 Å². The van der Waals surface area contributed by atoms with Crippen molar-refractivity contribution in [1.29, 1.82) is 0 Å². The van der Waals surface area contributed by atoms with Gasteiger partial charge in [0.2, 0.25) is 0 Å². The molecule has 86 valence electrons. The summed E-state index contributed by atoms with van der Waals surface area (Å²) in [6.07, 6.45) is 4.18. The highest BCUT2D eigenvalue weighted by atomic mass is 16.3. The Morgan fingerprint density at radius 3 is 3.00 bits per heavy atom. The van der Waals surface area contributed by atoms with E-state index in [-0.39, 0.29) is 0 Å². The van der Waals surface area contributed by atoms with E-state index in [0.717, 1.165) is 36.8 Å². The van der Waals surface area contributed by atoms with Crippen LogP contribution in [0.15, 0.2) is 24.4 Å². The zero-order chi connectivity index (χ0) is 11.4. The van der Waals surface area contributed by atoms with Crippen molar-refractivity contribution < 1.29 is 5.11 Å². The van der Waals surface area contributed by atoms with Gasteiger partial charge in [0.15, 0.2) is 0 Å². The van der Waals surface area contributed by atoms with Gasteiger partial charge in [0.05, 0.1) is 0 Å². The molecule has 1 aromatic heterocycles. The summed E-state index contributed by atoms with van der Waals surface area (Å²) in [6, 6.07) is 5.44. The topological polar surface area (TPSA) is 48.0 Å². The number of aromatic nitrogens is 1. The number of nitrogens with one attached hydrogen (secondary N) is 2. The Balaban J connectivity index is 2.09. The van der Waals surface area contributed by atoms with E-state index in [1.807, 2.05) is 18.3 Å². The number of hydrogen-bond donors (Lipinski definition) is 3. The number of H-pyrrole nitrogens is 1. The SMILES string of the molecule is CCCNCCc1c[nH]c2ccc(O)cc12. The first kappa shape index (κ1) is 11.0. The Morgan fingerprint density at radius 1 is 1.31 bits per heavy atom. The number of benzene rings is 1. The van der Waals surface area contributed by atoms with Crippen LogP contribution in [0.2, 0.25) is 0 Å². The van der Waals surface area contributed by atoms with E-state index < -0.39 is 0 Å². The highest BCUT2D eigenvalue weighted by Crippen LogP contribution is 2.22. The van der Waals surface area contributed by atoms with E-state index in [1.54, 1.807) is 6.07 Å². The molecule has 3 heteroatoms. The second-order valence-corrected chi connectivity index (χ2v) is 4.04. The largest absolute Gasteiger partial charge is 0.508 e. The molecule has 0 aliphatic heterocycles. The minimum atomic E-state index is 0.329. The summed E-state index contributed by atoms with van der Waals surface area (Å²) in [5.74, 6) is 0.329. The maximum absolute atomic E-state index is 9.45. The van der Waals surface area contributed by atoms with E-state index in [9.17, 15) is 5.11 Å².